The second-order valence-electron chi connectivity index (χ2n) is 5.86. The highest BCUT2D eigenvalue weighted by molar-refractivity contribution is 5.96. The molecule has 6 nitrogen and oxygen atoms in total. The van der Waals surface area contributed by atoms with Crippen molar-refractivity contribution in [3.63, 3.8) is 0 Å². The third-order valence-corrected chi connectivity index (χ3v) is 4.54. The molecule has 0 aromatic heterocycles. The lowest BCUT2D eigenvalue weighted by Gasteiger charge is -2.31. The van der Waals surface area contributed by atoms with E-state index in [1.54, 1.807) is 0 Å². The highest BCUT2D eigenvalue weighted by Crippen LogP contribution is 2.30. The van der Waals surface area contributed by atoms with Gasteiger partial charge in [-0.15, -0.1) is 0 Å². The summed E-state index contributed by atoms with van der Waals surface area (Å²) >= 11 is 0. The lowest BCUT2D eigenvalue weighted by molar-refractivity contribution is -0.816. The molecule has 1 heterocycles. The fourth-order valence-corrected chi connectivity index (χ4v) is 3.17. The molecule has 1 unspecified atom stereocenters. The zero-order valence-electron chi connectivity index (χ0n) is 13.4. The first-order chi connectivity index (χ1) is 10.7. The van der Waals surface area contributed by atoms with Crippen molar-refractivity contribution in [2.45, 2.75) is 33.1 Å². The van der Waals surface area contributed by atoms with Gasteiger partial charge >= 0.3 is 0 Å². The zero-order chi connectivity index (χ0) is 15.5. The van der Waals surface area contributed by atoms with E-state index in [0.29, 0.717) is 12.5 Å². The Hall–Kier alpha value is -1.63. The van der Waals surface area contributed by atoms with Crippen molar-refractivity contribution in [1.29, 1.82) is 0 Å². The number of likely N-dealkylation sites (N-methyl/N-ethyl adjacent to an activating group) is 1. The average Bonchev–Trinajstić information content (AvgIpc) is 2.97. The van der Waals surface area contributed by atoms with Crippen LogP contribution in [0.25, 0.3) is 0 Å². The highest BCUT2D eigenvalue weighted by Gasteiger charge is 2.24. The highest BCUT2D eigenvalue weighted by atomic mass is 16.5. The molecule has 0 spiro atoms. The number of nitrogens with zero attached hydrogens (tertiary/aromatic N) is 2. The average molecular weight is 303 g/mol. The number of quaternary nitrogens is 1. The number of aryl methyl sites for hydroxylation is 2. The van der Waals surface area contributed by atoms with E-state index in [4.69, 9.17) is 0 Å². The minimum atomic E-state index is -0.0509. The van der Waals surface area contributed by atoms with Crippen molar-refractivity contribution in [3.05, 3.63) is 28.5 Å². The predicted octanol–water partition coefficient (Wildman–Crippen LogP) is 0.817. The fraction of sp³-hybridized carbons (Fsp3) is 0.562. The SMILES string of the molecule is CCN(CC)CCN=C1Nc2cc3c(cc2[NH+]([O-])N1)CCC3. The summed E-state index contributed by atoms with van der Waals surface area (Å²) in [6.45, 7) is 7.93. The van der Waals surface area contributed by atoms with Crippen LogP contribution < -0.4 is 15.9 Å². The molecule has 0 saturated heterocycles. The van der Waals surface area contributed by atoms with Gasteiger partial charge in [-0.2, -0.15) is 5.43 Å². The molecule has 0 amide bonds. The maximum absolute atomic E-state index is 12.3. The lowest BCUT2D eigenvalue weighted by Crippen LogP contribution is -3.11. The molecule has 0 saturated carbocycles. The van der Waals surface area contributed by atoms with Crippen molar-refractivity contribution < 1.29 is 5.17 Å². The van der Waals surface area contributed by atoms with E-state index in [0.717, 1.165) is 43.9 Å². The largest absolute Gasteiger partial charge is 0.603 e. The van der Waals surface area contributed by atoms with Gasteiger partial charge in [0.2, 0.25) is 5.96 Å². The topological polar surface area (TPSA) is 67.2 Å². The summed E-state index contributed by atoms with van der Waals surface area (Å²) in [4.78, 5) is 6.81. The first-order valence-electron chi connectivity index (χ1n) is 8.22. The third-order valence-electron chi connectivity index (χ3n) is 4.54. The molecule has 6 heteroatoms. The van der Waals surface area contributed by atoms with E-state index < -0.39 is 0 Å². The maximum atomic E-state index is 12.3. The summed E-state index contributed by atoms with van der Waals surface area (Å²) in [5.41, 5.74) is 7.17. The summed E-state index contributed by atoms with van der Waals surface area (Å²) in [5, 5.41) is 15.5. The van der Waals surface area contributed by atoms with E-state index in [2.05, 4.69) is 40.5 Å². The van der Waals surface area contributed by atoms with Gasteiger partial charge < -0.3 is 15.4 Å². The zero-order valence-corrected chi connectivity index (χ0v) is 13.4. The van der Waals surface area contributed by atoms with Crippen LogP contribution in [0.2, 0.25) is 0 Å². The van der Waals surface area contributed by atoms with Crippen LogP contribution in [-0.4, -0.2) is 37.0 Å². The minimum absolute atomic E-state index is 0.0509. The Kier molecular flexibility index (Phi) is 4.61. The minimum Gasteiger partial charge on any atom is -0.603 e. The van der Waals surface area contributed by atoms with Gasteiger partial charge in [0.05, 0.1) is 6.54 Å². The quantitative estimate of drug-likeness (QED) is 0.705. The molecular weight excluding hydrogens is 278 g/mol. The van der Waals surface area contributed by atoms with Gasteiger partial charge in [0.15, 0.2) is 5.69 Å². The van der Waals surface area contributed by atoms with Gasteiger partial charge in [-0.05, 0) is 49.5 Å². The monoisotopic (exact) mass is 303 g/mol. The van der Waals surface area contributed by atoms with Crippen LogP contribution in [0.5, 0.6) is 0 Å². The number of fused-ring (bicyclic) bond motifs is 2. The predicted molar refractivity (Wildman–Crippen MR) is 89.3 cm³/mol. The van der Waals surface area contributed by atoms with E-state index in [-0.39, 0.29) is 5.17 Å². The third kappa shape index (κ3) is 3.09. The Balaban J connectivity index is 1.71. The summed E-state index contributed by atoms with van der Waals surface area (Å²) in [5.74, 6) is 0.572. The van der Waals surface area contributed by atoms with Crippen molar-refractivity contribution >= 4 is 17.3 Å². The summed E-state index contributed by atoms with van der Waals surface area (Å²) < 4.78 is 0. The molecule has 1 aromatic carbocycles. The van der Waals surface area contributed by atoms with Crippen molar-refractivity contribution in [3.8, 4) is 0 Å². The molecule has 3 N–H and O–H groups in total. The Morgan fingerprint density at radius 1 is 1.23 bits per heavy atom. The molecule has 0 bridgehead atoms. The first kappa shape index (κ1) is 15.3. The molecule has 3 rings (SSSR count). The molecule has 1 aromatic rings. The van der Waals surface area contributed by atoms with E-state index in [9.17, 15) is 5.21 Å². The van der Waals surface area contributed by atoms with Crippen LogP contribution in [0.15, 0.2) is 17.1 Å². The Morgan fingerprint density at radius 2 is 1.95 bits per heavy atom. The Labute approximate surface area is 131 Å². The number of benzene rings is 1. The normalized spacial score (nSPS) is 21.5. The molecule has 1 aliphatic carbocycles. The Morgan fingerprint density at radius 3 is 2.68 bits per heavy atom. The first-order valence-corrected chi connectivity index (χ1v) is 8.22. The van der Waals surface area contributed by atoms with Gasteiger partial charge in [0.1, 0.15) is 5.69 Å². The number of guanidine groups is 1. The number of aliphatic imine (C=N–C) groups is 1. The summed E-state index contributed by atoms with van der Waals surface area (Å²) in [7, 11) is 0. The van der Waals surface area contributed by atoms with Crippen LogP contribution in [0.1, 0.15) is 31.4 Å². The summed E-state index contributed by atoms with van der Waals surface area (Å²) in [6, 6.07) is 4.16. The van der Waals surface area contributed by atoms with Gasteiger partial charge in [-0.3, -0.25) is 0 Å². The van der Waals surface area contributed by atoms with Gasteiger partial charge in [0.25, 0.3) is 0 Å². The van der Waals surface area contributed by atoms with E-state index in [1.165, 1.54) is 17.5 Å². The second kappa shape index (κ2) is 6.64. The standard InChI is InChI=1S/C16H25N5O/c1-3-20(4-2)9-8-17-16-18-14-10-12-6-5-7-13(12)11-15(14)21(22)19-16/h10-11,21H,3-9H2,1-2H3,(H2,17,18,19). The van der Waals surface area contributed by atoms with Crippen LogP contribution in [0, 0.1) is 5.21 Å². The van der Waals surface area contributed by atoms with Gasteiger partial charge in [-0.25, -0.2) is 10.2 Å². The van der Waals surface area contributed by atoms with Crippen molar-refractivity contribution in [1.82, 2.24) is 10.3 Å². The molecule has 1 atom stereocenters. The molecule has 22 heavy (non-hydrogen) atoms. The molecule has 1 aliphatic heterocycles. The fourth-order valence-electron chi connectivity index (χ4n) is 3.17. The van der Waals surface area contributed by atoms with Crippen LogP contribution in [-0.2, 0) is 12.8 Å². The number of hydrogen-bond acceptors (Lipinski definition) is 3. The molecule has 120 valence electrons. The number of hydrogen-bond donors (Lipinski definition) is 3. The van der Waals surface area contributed by atoms with E-state index >= 15 is 0 Å². The number of anilines is 1. The molecular formula is C16H25N5O. The molecule has 0 radical (unpaired) electrons. The van der Waals surface area contributed by atoms with Crippen LogP contribution in [0.4, 0.5) is 11.4 Å². The van der Waals surface area contributed by atoms with Gasteiger partial charge in [0, 0.05) is 12.6 Å². The Bertz CT molecular complexity index is 568. The number of rotatable bonds is 5. The summed E-state index contributed by atoms with van der Waals surface area (Å²) in [6.07, 6.45) is 3.38. The second-order valence-corrected chi connectivity index (χ2v) is 5.86. The molecule has 0 fully saturated rings. The van der Waals surface area contributed by atoms with Crippen molar-refractivity contribution in [2.24, 2.45) is 4.99 Å². The van der Waals surface area contributed by atoms with Crippen LogP contribution in [0.3, 0.4) is 0 Å². The molecule has 2 aliphatic rings. The maximum Gasteiger partial charge on any atom is 0.243 e. The number of nitrogens with one attached hydrogen (secondary N) is 3. The smallest absolute Gasteiger partial charge is 0.243 e. The van der Waals surface area contributed by atoms with Gasteiger partial charge in [-0.1, -0.05) is 13.8 Å². The van der Waals surface area contributed by atoms with E-state index in [1.807, 2.05) is 6.07 Å². The van der Waals surface area contributed by atoms with Crippen molar-refractivity contribution in [2.75, 3.05) is 31.5 Å². The van der Waals surface area contributed by atoms with Crippen LogP contribution >= 0.6 is 0 Å². The lowest BCUT2D eigenvalue weighted by atomic mass is 10.1.